The average Bonchev–Trinajstić information content (AvgIpc) is 2.54. The molecule has 0 aliphatic rings. The third kappa shape index (κ3) is 3.63. The minimum absolute atomic E-state index is 0.0696. The van der Waals surface area contributed by atoms with E-state index in [0.717, 1.165) is 12.0 Å². The fourth-order valence-electron chi connectivity index (χ4n) is 2.19. The maximum atomic E-state index is 12.3. The fourth-order valence-corrected chi connectivity index (χ4v) is 2.19. The molecule has 2 rings (SSSR count). The lowest BCUT2D eigenvalue weighted by molar-refractivity contribution is 0.0992. The van der Waals surface area contributed by atoms with Gasteiger partial charge in [0.2, 0.25) is 0 Å². The molecular weight excluding hydrogens is 264 g/mol. The molecule has 0 fully saturated rings. The second-order valence-electron chi connectivity index (χ2n) is 4.84. The minimum atomic E-state index is 0.0696. The Kier molecular flexibility index (Phi) is 4.99. The number of ether oxygens (including phenoxy) is 2. The van der Waals surface area contributed by atoms with Gasteiger partial charge in [0.15, 0.2) is 17.3 Å². The largest absolute Gasteiger partial charge is 0.493 e. The van der Waals surface area contributed by atoms with Crippen LogP contribution in [0.2, 0.25) is 0 Å². The van der Waals surface area contributed by atoms with Gasteiger partial charge in [-0.1, -0.05) is 31.2 Å². The molecule has 0 bridgehead atoms. The summed E-state index contributed by atoms with van der Waals surface area (Å²) in [5.41, 5.74) is 2.93. The first kappa shape index (κ1) is 15.1. The van der Waals surface area contributed by atoms with Gasteiger partial charge in [0.1, 0.15) is 0 Å². The van der Waals surface area contributed by atoms with Crippen LogP contribution in [-0.4, -0.2) is 20.0 Å². The lowest BCUT2D eigenvalue weighted by Crippen LogP contribution is -2.04. The zero-order valence-corrected chi connectivity index (χ0v) is 12.7. The number of rotatable bonds is 6. The molecule has 0 unspecified atom stereocenters. The number of methoxy groups -OCH3 is 2. The monoisotopic (exact) mass is 284 g/mol. The zero-order chi connectivity index (χ0) is 15.2. The molecule has 0 radical (unpaired) electrons. The molecule has 0 amide bonds. The molecule has 0 atom stereocenters. The first-order chi connectivity index (χ1) is 10.2. The van der Waals surface area contributed by atoms with Crippen molar-refractivity contribution in [1.82, 2.24) is 0 Å². The van der Waals surface area contributed by atoms with E-state index in [1.54, 1.807) is 32.4 Å². The summed E-state index contributed by atoms with van der Waals surface area (Å²) >= 11 is 0. The van der Waals surface area contributed by atoms with E-state index in [1.165, 1.54) is 5.56 Å². The summed E-state index contributed by atoms with van der Waals surface area (Å²) in [6.45, 7) is 2.11. The van der Waals surface area contributed by atoms with Crippen LogP contribution in [0, 0.1) is 0 Å². The topological polar surface area (TPSA) is 35.5 Å². The molecule has 0 aromatic heterocycles. The van der Waals surface area contributed by atoms with Crippen LogP contribution in [0.1, 0.15) is 28.4 Å². The molecule has 0 saturated carbocycles. The second kappa shape index (κ2) is 6.93. The number of carbonyl (C=O) groups is 1. The smallest absolute Gasteiger partial charge is 0.167 e. The molecule has 0 aliphatic heterocycles. The molecule has 0 spiro atoms. The highest BCUT2D eigenvalue weighted by atomic mass is 16.5. The highest BCUT2D eigenvalue weighted by molar-refractivity contribution is 5.98. The Morgan fingerprint density at radius 2 is 1.52 bits per heavy atom. The summed E-state index contributed by atoms with van der Waals surface area (Å²) in [6.07, 6.45) is 1.39. The Morgan fingerprint density at radius 1 is 0.905 bits per heavy atom. The first-order valence-corrected chi connectivity index (χ1v) is 7.01. The molecule has 21 heavy (non-hydrogen) atoms. The van der Waals surface area contributed by atoms with Crippen molar-refractivity contribution in [2.24, 2.45) is 0 Å². The Balaban J connectivity index is 2.15. The summed E-state index contributed by atoms with van der Waals surface area (Å²) in [7, 11) is 3.14. The summed E-state index contributed by atoms with van der Waals surface area (Å²) in [5, 5.41) is 0. The molecule has 0 saturated heterocycles. The van der Waals surface area contributed by atoms with Crippen molar-refractivity contribution >= 4 is 5.78 Å². The summed E-state index contributed by atoms with van der Waals surface area (Å²) in [4.78, 5) is 12.3. The van der Waals surface area contributed by atoms with Crippen LogP contribution in [0.3, 0.4) is 0 Å². The number of Topliss-reactive ketones (excluding diaryl/α,β-unsaturated/α-hetero) is 1. The number of ketones is 1. The number of hydrogen-bond donors (Lipinski definition) is 0. The summed E-state index contributed by atoms with van der Waals surface area (Å²) < 4.78 is 10.4. The van der Waals surface area contributed by atoms with E-state index in [4.69, 9.17) is 9.47 Å². The molecular formula is C18H20O3. The van der Waals surface area contributed by atoms with Crippen molar-refractivity contribution < 1.29 is 14.3 Å². The molecule has 0 aliphatic carbocycles. The van der Waals surface area contributed by atoms with Crippen LogP contribution in [0.25, 0.3) is 0 Å². The number of hydrogen-bond acceptors (Lipinski definition) is 3. The van der Waals surface area contributed by atoms with Gasteiger partial charge in [0.05, 0.1) is 14.2 Å². The number of benzene rings is 2. The van der Waals surface area contributed by atoms with Gasteiger partial charge < -0.3 is 9.47 Å². The Hall–Kier alpha value is -2.29. The Bertz CT molecular complexity index is 615. The van der Waals surface area contributed by atoms with E-state index < -0.39 is 0 Å². The quantitative estimate of drug-likeness (QED) is 0.759. The van der Waals surface area contributed by atoms with Gasteiger partial charge in [-0.3, -0.25) is 4.79 Å². The van der Waals surface area contributed by atoms with Crippen LogP contribution >= 0.6 is 0 Å². The highest BCUT2D eigenvalue weighted by Gasteiger charge is 2.11. The van der Waals surface area contributed by atoms with Crippen molar-refractivity contribution in [3.05, 3.63) is 59.2 Å². The van der Waals surface area contributed by atoms with E-state index in [2.05, 4.69) is 19.1 Å². The van der Waals surface area contributed by atoms with Crippen molar-refractivity contribution in [2.45, 2.75) is 19.8 Å². The molecule has 3 nitrogen and oxygen atoms in total. The van der Waals surface area contributed by atoms with Crippen LogP contribution < -0.4 is 9.47 Å². The van der Waals surface area contributed by atoms with E-state index in [1.807, 2.05) is 12.1 Å². The predicted octanol–water partition coefficient (Wildman–Crippen LogP) is 3.69. The molecule has 0 heterocycles. The normalized spacial score (nSPS) is 10.2. The van der Waals surface area contributed by atoms with Crippen LogP contribution in [0.4, 0.5) is 0 Å². The predicted molar refractivity (Wildman–Crippen MR) is 83.4 cm³/mol. The minimum Gasteiger partial charge on any atom is -0.493 e. The van der Waals surface area contributed by atoms with Gasteiger partial charge in [-0.25, -0.2) is 0 Å². The van der Waals surface area contributed by atoms with E-state index in [9.17, 15) is 4.79 Å². The Morgan fingerprint density at radius 3 is 2.10 bits per heavy atom. The van der Waals surface area contributed by atoms with Crippen molar-refractivity contribution in [3.63, 3.8) is 0 Å². The molecule has 0 N–H and O–H groups in total. The molecule has 3 heteroatoms. The van der Waals surface area contributed by atoms with Crippen LogP contribution in [0.15, 0.2) is 42.5 Å². The summed E-state index contributed by atoms with van der Waals surface area (Å²) in [6, 6.07) is 13.4. The van der Waals surface area contributed by atoms with Crippen molar-refractivity contribution in [2.75, 3.05) is 14.2 Å². The van der Waals surface area contributed by atoms with Crippen molar-refractivity contribution in [1.29, 1.82) is 0 Å². The highest BCUT2D eigenvalue weighted by Crippen LogP contribution is 2.28. The zero-order valence-electron chi connectivity index (χ0n) is 12.7. The van der Waals surface area contributed by atoms with Gasteiger partial charge in [-0.2, -0.15) is 0 Å². The average molecular weight is 284 g/mol. The van der Waals surface area contributed by atoms with Crippen molar-refractivity contribution in [3.8, 4) is 11.5 Å². The first-order valence-electron chi connectivity index (χ1n) is 7.01. The van der Waals surface area contributed by atoms with Gasteiger partial charge in [-0.05, 0) is 35.7 Å². The van der Waals surface area contributed by atoms with E-state index in [0.29, 0.717) is 23.5 Å². The molecule has 2 aromatic rings. The lowest BCUT2D eigenvalue weighted by Gasteiger charge is -2.09. The number of aryl methyl sites for hydroxylation is 1. The van der Waals surface area contributed by atoms with E-state index in [-0.39, 0.29) is 5.78 Å². The van der Waals surface area contributed by atoms with Gasteiger partial charge in [0.25, 0.3) is 0 Å². The fraction of sp³-hybridized carbons (Fsp3) is 0.278. The molecule has 2 aromatic carbocycles. The van der Waals surface area contributed by atoms with Gasteiger partial charge >= 0.3 is 0 Å². The molecule has 110 valence electrons. The van der Waals surface area contributed by atoms with Crippen LogP contribution in [0.5, 0.6) is 11.5 Å². The third-order valence-corrected chi connectivity index (χ3v) is 3.50. The van der Waals surface area contributed by atoms with Gasteiger partial charge in [-0.15, -0.1) is 0 Å². The lowest BCUT2D eigenvalue weighted by atomic mass is 10.0. The second-order valence-corrected chi connectivity index (χ2v) is 4.84. The van der Waals surface area contributed by atoms with Gasteiger partial charge in [0, 0.05) is 12.0 Å². The SMILES string of the molecule is CCc1ccc(CC(=O)c2ccc(OC)c(OC)c2)cc1. The summed E-state index contributed by atoms with van der Waals surface area (Å²) in [5.74, 6) is 1.27. The maximum Gasteiger partial charge on any atom is 0.167 e. The maximum absolute atomic E-state index is 12.3. The number of carbonyl (C=O) groups excluding carboxylic acids is 1. The van der Waals surface area contributed by atoms with Crippen LogP contribution in [-0.2, 0) is 12.8 Å². The van der Waals surface area contributed by atoms with E-state index >= 15 is 0 Å². The third-order valence-electron chi connectivity index (χ3n) is 3.50. The standard InChI is InChI=1S/C18H20O3/c1-4-13-5-7-14(8-6-13)11-16(19)15-9-10-17(20-2)18(12-15)21-3/h5-10,12H,4,11H2,1-3H3. The Labute approximate surface area is 125 Å².